The van der Waals surface area contributed by atoms with Gasteiger partial charge in [-0.05, 0) is 73.0 Å². The molecule has 0 aliphatic carbocycles. The zero-order valence-electron chi connectivity index (χ0n) is 20.3. The molecule has 0 atom stereocenters. The SMILES string of the molecule is O=C(Nc1cc(Cl)c(Cl)nc1C1CCN(Cc2ccc(-c3ccc(F)cc3)cc2)CC1)c1ccnc(Cl)c1. The molecule has 3 heterocycles. The Hall–Kier alpha value is -3.03. The van der Waals surface area contributed by atoms with E-state index in [0.29, 0.717) is 11.3 Å². The average Bonchev–Trinajstić information content (AvgIpc) is 2.92. The van der Waals surface area contributed by atoms with E-state index in [-0.39, 0.29) is 33.0 Å². The number of rotatable bonds is 6. The lowest BCUT2D eigenvalue weighted by molar-refractivity contribution is 0.102. The first-order chi connectivity index (χ1) is 18.4. The van der Waals surface area contributed by atoms with Gasteiger partial charge in [0.25, 0.3) is 5.91 Å². The molecule has 0 saturated carbocycles. The molecule has 1 fully saturated rings. The Kier molecular flexibility index (Phi) is 8.24. The molecule has 9 heteroatoms. The maximum absolute atomic E-state index is 13.2. The third kappa shape index (κ3) is 6.33. The summed E-state index contributed by atoms with van der Waals surface area (Å²) in [5.74, 6) is -0.437. The van der Waals surface area contributed by atoms with E-state index in [0.717, 1.165) is 49.3 Å². The number of likely N-dealkylation sites (tertiary alicyclic amines) is 1. The lowest BCUT2D eigenvalue weighted by Gasteiger charge is -2.32. The van der Waals surface area contributed by atoms with Crippen molar-refractivity contribution >= 4 is 46.4 Å². The molecule has 2 aromatic carbocycles. The number of piperidine rings is 1. The quantitative estimate of drug-likeness (QED) is 0.240. The summed E-state index contributed by atoms with van der Waals surface area (Å²) in [4.78, 5) is 23.7. The topological polar surface area (TPSA) is 58.1 Å². The minimum absolute atomic E-state index is 0.123. The van der Waals surface area contributed by atoms with Crippen molar-refractivity contribution in [3.8, 4) is 11.1 Å². The second-order valence-electron chi connectivity index (χ2n) is 9.27. The van der Waals surface area contributed by atoms with Crippen molar-refractivity contribution in [2.45, 2.75) is 25.3 Å². The van der Waals surface area contributed by atoms with Gasteiger partial charge in [0.15, 0.2) is 0 Å². The Labute approximate surface area is 235 Å². The Morgan fingerprint density at radius 3 is 2.26 bits per heavy atom. The molecular weight excluding hydrogens is 546 g/mol. The number of nitrogens with one attached hydrogen (secondary N) is 1. The van der Waals surface area contributed by atoms with Gasteiger partial charge in [0, 0.05) is 24.2 Å². The maximum Gasteiger partial charge on any atom is 0.255 e. The number of hydrogen-bond acceptors (Lipinski definition) is 4. The molecule has 1 saturated heterocycles. The molecule has 1 aliphatic heterocycles. The number of halogens is 4. The van der Waals surface area contributed by atoms with Gasteiger partial charge in [-0.15, -0.1) is 0 Å². The van der Waals surface area contributed by atoms with Crippen LogP contribution in [0.15, 0.2) is 72.9 Å². The van der Waals surface area contributed by atoms with Gasteiger partial charge in [-0.3, -0.25) is 9.69 Å². The zero-order chi connectivity index (χ0) is 26.6. The van der Waals surface area contributed by atoms with E-state index in [9.17, 15) is 9.18 Å². The number of carbonyl (C=O) groups excluding carboxylic acids is 1. The molecule has 2 aromatic heterocycles. The predicted octanol–water partition coefficient (Wildman–Crippen LogP) is 7.87. The number of benzene rings is 2. The van der Waals surface area contributed by atoms with Crippen molar-refractivity contribution in [3.05, 3.63) is 111 Å². The standard InChI is InChI=1S/C29H24Cl3FN4O/c30-24-16-25(35-29(38)22-9-12-34-26(31)15-22)27(36-28(24)32)21-10-13-37(14-11-21)17-18-1-3-19(4-2-18)20-5-7-23(33)8-6-20/h1-9,12,15-16,21H,10-11,13-14,17H2,(H,35,38). The van der Waals surface area contributed by atoms with Gasteiger partial charge in [0.2, 0.25) is 0 Å². The van der Waals surface area contributed by atoms with E-state index in [1.54, 1.807) is 24.3 Å². The van der Waals surface area contributed by atoms with Crippen LogP contribution in [0, 0.1) is 5.82 Å². The van der Waals surface area contributed by atoms with Crippen LogP contribution in [-0.4, -0.2) is 33.9 Å². The monoisotopic (exact) mass is 568 g/mol. The fourth-order valence-electron chi connectivity index (χ4n) is 4.70. The minimum atomic E-state index is -0.322. The molecule has 1 amide bonds. The van der Waals surface area contributed by atoms with Crippen LogP contribution in [0.4, 0.5) is 10.1 Å². The van der Waals surface area contributed by atoms with Gasteiger partial charge in [0.1, 0.15) is 16.1 Å². The van der Waals surface area contributed by atoms with Crippen LogP contribution < -0.4 is 5.32 Å². The molecule has 0 radical (unpaired) electrons. The van der Waals surface area contributed by atoms with Crippen molar-refractivity contribution < 1.29 is 9.18 Å². The van der Waals surface area contributed by atoms with Crippen LogP contribution in [0.25, 0.3) is 11.1 Å². The van der Waals surface area contributed by atoms with Gasteiger partial charge in [-0.2, -0.15) is 0 Å². The summed E-state index contributed by atoms with van der Waals surface area (Å²) >= 11 is 18.5. The Morgan fingerprint density at radius 1 is 0.947 bits per heavy atom. The molecular formula is C29H24Cl3FN4O. The Balaban J connectivity index is 1.24. The van der Waals surface area contributed by atoms with E-state index in [1.807, 2.05) is 0 Å². The largest absolute Gasteiger partial charge is 0.320 e. The van der Waals surface area contributed by atoms with Crippen LogP contribution in [0.2, 0.25) is 15.3 Å². The molecule has 5 rings (SSSR count). The van der Waals surface area contributed by atoms with E-state index in [4.69, 9.17) is 34.8 Å². The first-order valence-electron chi connectivity index (χ1n) is 12.2. The highest BCUT2D eigenvalue weighted by Gasteiger charge is 2.26. The first kappa shape index (κ1) is 26.6. The number of carbonyl (C=O) groups is 1. The molecule has 0 unspecified atom stereocenters. The molecule has 1 aliphatic rings. The molecule has 1 N–H and O–H groups in total. The van der Waals surface area contributed by atoms with Crippen LogP contribution in [0.3, 0.4) is 0 Å². The van der Waals surface area contributed by atoms with Crippen LogP contribution in [-0.2, 0) is 6.54 Å². The molecule has 5 nitrogen and oxygen atoms in total. The summed E-state index contributed by atoms with van der Waals surface area (Å²) in [6.45, 7) is 2.58. The maximum atomic E-state index is 13.2. The molecule has 0 bridgehead atoms. The first-order valence-corrected chi connectivity index (χ1v) is 13.3. The van der Waals surface area contributed by atoms with E-state index in [1.165, 1.54) is 30.0 Å². The van der Waals surface area contributed by atoms with Gasteiger partial charge in [0.05, 0.1) is 16.4 Å². The normalized spacial score (nSPS) is 14.4. The van der Waals surface area contributed by atoms with Crippen molar-refractivity contribution in [2.24, 2.45) is 0 Å². The summed E-state index contributed by atoms with van der Waals surface area (Å²) in [7, 11) is 0. The number of nitrogens with zero attached hydrogens (tertiary/aromatic N) is 3. The van der Waals surface area contributed by atoms with Crippen molar-refractivity contribution in [1.29, 1.82) is 0 Å². The van der Waals surface area contributed by atoms with E-state index in [2.05, 4.69) is 44.5 Å². The minimum Gasteiger partial charge on any atom is -0.320 e. The summed E-state index contributed by atoms with van der Waals surface area (Å²) in [5, 5.41) is 3.66. The zero-order valence-corrected chi connectivity index (χ0v) is 22.6. The van der Waals surface area contributed by atoms with Gasteiger partial charge < -0.3 is 5.32 Å². The van der Waals surface area contributed by atoms with Crippen molar-refractivity contribution in [2.75, 3.05) is 18.4 Å². The molecule has 38 heavy (non-hydrogen) atoms. The van der Waals surface area contributed by atoms with Gasteiger partial charge in [-0.25, -0.2) is 14.4 Å². The van der Waals surface area contributed by atoms with Gasteiger partial charge >= 0.3 is 0 Å². The second-order valence-corrected chi connectivity index (χ2v) is 10.4. The average molecular weight is 570 g/mol. The van der Waals surface area contributed by atoms with Crippen LogP contribution in [0.5, 0.6) is 0 Å². The van der Waals surface area contributed by atoms with Crippen molar-refractivity contribution in [3.63, 3.8) is 0 Å². The summed E-state index contributed by atoms with van der Waals surface area (Å²) < 4.78 is 13.2. The highest BCUT2D eigenvalue weighted by atomic mass is 35.5. The highest BCUT2D eigenvalue weighted by Crippen LogP contribution is 2.36. The molecule has 0 spiro atoms. The lowest BCUT2D eigenvalue weighted by atomic mass is 9.91. The van der Waals surface area contributed by atoms with Crippen molar-refractivity contribution in [1.82, 2.24) is 14.9 Å². The van der Waals surface area contributed by atoms with Crippen LogP contribution >= 0.6 is 34.8 Å². The number of pyridine rings is 2. The number of amides is 1. The fourth-order valence-corrected chi connectivity index (χ4v) is 5.17. The second kappa shape index (κ2) is 11.8. The third-order valence-corrected chi connectivity index (χ3v) is 7.59. The lowest BCUT2D eigenvalue weighted by Crippen LogP contribution is -2.33. The summed E-state index contributed by atoms with van der Waals surface area (Å²) in [5.41, 5.74) is 4.93. The third-order valence-electron chi connectivity index (χ3n) is 6.71. The predicted molar refractivity (Wildman–Crippen MR) is 151 cm³/mol. The molecule has 194 valence electrons. The Morgan fingerprint density at radius 2 is 1.61 bits per heavy atom. The van der Waals surface area contributed by atoms with E-state index >= 15 is 0 Å². The highest BCUT2D eigenvalue weighted by molar-refractivity contribution is 6.41. The number of anilines is 1. The van der Waals surface area contributed by atoms with Gasteiger partial charge in [-0.1, -0.05) is 71.2 Å². The number of aromatic nitrogens is 2. The Bertz CT molecular complexity index is 1440. The smallest absolute Gasteiger partial charge is 0.255 e. The molecule has 4 aromatic rings. The van der Waals surface area contributed by atoms with Crippen LogP contribution in [0.1, 0.15) is 40.4 Å². The van der Waals surface area contributed by atoms with E-state index < -0.39 is 0 Å². The fraction of sp³-hybridized carbons (Fsp3) is 0.207. The summed E-state index contributed by atoms with van der Waals surface area (Å²) in [6, 6.07) is 19.6. The number of hydrogen-bond donors (Lipinski definition) is 1. The summed E-state index contributed by atoms with van der Waals surface area (Å²) in [6.07, 6.45) is 3.21.